The quantitative estimate of drug-likeness (QED) is 0.578. The Morgan fingerprint density at radius 2 is 2.00 bits per heavy atom. The Hall–Kier alpha value is -2.68. The zero-order valence-corrected chi connectivity index (χ0v) is 16.0. The van der Waals surface area contributed by atoms with Gasteiger partial charge in [0, 0.05) is 17.1 Å². The number of nitrogens with one attached hydrogen (secondary N) is 1. The summed E-state index contributed by atoms with van der Waals surface area (Å²) in [4.78, 5) is 12.5. The summed E-state index contributed by atoms with van der Waals surface area (Å²) in [5.74, 6) is 0.435. The number of halogens is 2. The second-order valence-electron chi connectivity index (χ2n) is 5.92. The Balaban J connectivity index is 1.89. The van der Waals surface area contributed by atoms with Crippen LogP contribution in [0.15, 0.2) is 35.9 Å². The Morgan fingerprint density at radius 1 is 1.22 bits per heavy atom. The number of carbonyl (C=O) groups excluding carboxylic acids is 1. The van der Waals surface area contributed by atoms with Crippen LogP contribution in [0.25, 0.3) is 6.08 Å². The van der Waals surface area contributed by atoms with Gasteiger partial charge in [-0.1, -0.05) is 29.3 Å². The molecule has 0 atom stereocenters. The van der Waals surface area contributed by atoms with Crippen molar-refractivity contribution in [2.45, 2.75) is 13.3 Å². The van der Waals surface area contributed by atoms with Gasteiger partial charge in [-0.2, -0.15) is 5.26 Å². The molecular weight excluding hydrogens is 387 g/mol. The molecule has 2 aromatic carbocycles. The molecule has 1 amide bonds. The van der Waals surface area contributed by atoms with Crippen molar-refractivity contribution >= 4 is 40.9 Å². The zero-order chi connectivity index (χ0) is 19.4. The second kappa shape index (κ2) is 8.34. The standard InChI is InChI=1S/C20H16Cl2N2O3/c1-12-15(21)4-2-5-17(12)24-20(25)14(11-23)8-13-9-16(22)19-18(10-13)26-6-3-7-27-19/h2,4-5,8-10H,3,6-7H2,1H3,(H,24,25)/b14-8+. The molecule has 1 aliphatic rings. The van der Waals surface area contributed by atoms with E-state index in [1.165, 1.54) is 6.08 Å². The van der Waals surface area contributed by atoms with Crippen LogP contribution < -0.4 is 14.8 Å². The van der Waals surface area contributed by atoms with E-state index in [-0.39, 0.29) is 5.57 Å². The van der Waals surface area contributed by atoms with Gasteiger partial charge in [0.25, 0.3) is 5.91 Å². The van der Waals surface area contributed by atoms with Crippen molar-refractivity contribution in [3.63, 3.8) is 0 Å². The van der Waals surface area contributed by atoms with E-state index >= 15 is 0 Å². The van der Waals surface area contributed by atoms with Crippen molar-refractivity contribution in [3.05, 3.63) is 57.1 Å². The van der Waals surface area contributed by atoms with Crippen LogP contribution in [0.1, 0.15) is 17.5 Å². The summed E-state index contributed by atoms with van der Waals surface area (Å²) in [7, 11) is 0. The van der Waals surface area contributed by atoms with Crippen molar-refractivity contribution in [2.75, 3.05) is 18.5 Å². The summed E-state index contributed by atoms with van der Waals surface area (Å²) in [6.07, 6.45) is 2.21. The lowest BCUT2D eigenvalue weighted by molar-refractivity contribution is -0.112. The fraction of sp³-hybridized carbons (Fsp3) is 0.200. The molecule has 0 bridgehead atoms. The number of anilines is 1. The maximum Gasteiger partial charge on any atom is 0.266 e. The summed E-state index contributed by atoms with van der Waals surface area (Å²) >= 11 is 12.3. The largest absolute Gasteiger partial charge is 0.489 e. The first-order valence-corrected chi connectivity index (χ1v) is 9.02. The van der Waals surface area contributed by atoms with Crippen molar-refractivity contribution in [1.29, 1.82) is 5.26 Å². The summed E-state index contributed by atoms with van der Waals surface area (Å²) in [6, 6.07) is 10.4. The minimum Gasteiger partial charge on any atom is -0.489 e. The third-order valence-electron chi connectivity index (χ3n) is 4.02. The molecule has 27 heavy (non-hydrogen) atoms. The highest BCUT2D eigenvalue weighted by Crippen LogP contribution is 2.38. The van der Waals surface area contributed by atoms with E-state index in [4.69, 9.17) is 32.7 Å². The summed E-state index contributed by atoms with van der Waals surface area (Å²) in [6.45, 7) is 2.82. The first-order chi connectivity index (χ1) is 13.0. The molecule has 0 spiro atoms. The molecule has 1 heterocycles. The number of nitrogens with zero attached hydrogens (tertiary/aromatic N) is 1. The first kappa shape index (κ1) is 19.1. The Labute approximate surface area is 167 Å². The molecule has 0 saturated heterocycles. The first-order valence-electron chi connectivity index (χ1n) is 8.27. The van der Waals surface area contributed by atoms with Gasteiger partial charge < -0.3 is 14.8 Å². The average Bonchev–Trinajstić information content (AvgIpc) is 2.89. The van der Waals surface area contributed by atoms with Crippen LogP contribution in [0.3, 0.4) is 0 Å². The summed E-state index contributed by atoms with van der Waals surface area (Å²) in [5, 5.41) is 13.0. The lowest BCUT2D eigenvalue weighted by Crippen LogP contribution is -2.14. The zero-order valence-electron chi connectivity index (χ0n) is 14.5. The third-order valence-corrected chi connectivity index (χ3v) is 4.71. The van der Waals surface area contributed by atoms with Crippen LogP contribution >= 0.6 is 23.2 Å². The Bertz CT molecular complexity index is 964. The molecule has 138 valence electrons. The van der Waals surface area contributed by atoms with E-state index in [0.717, 1.165) is 12.0 Å². The van der Waals surface area contributed by atoms with E-state index in [1.54, 1.807) is 37.3 Å². The molecule has 1 aliphatic heterocycles. The van der Waals surface area contributed by atoms with E-state index in [2.05, 4.69) is 5.32 Å². The van der Waals surface area contributed by atoms with Gasteiger partial charge in [-0.25, -0.2) is 0 Å². The summed E-state index contributed by atoms with van der Waals surface area (Å²) < 4.78 is 11.2. The van der Waals surface area contributed by atoms with Crippen LogP contribution in [0.4, 0.5) is 5.69 Å². The highest BCUT2D eigenvalue weighted by Gasteiger charge is 2.17. The van der Waals surface area contributed by atoms with Crippen LogP contribution in [-0.2, 0) is 4.79 Å². The number of fused-ring (bicyclic) bond motifs is 1. The lowest BCUT2D eigenvalue weighted by Gasteiger charge is -2.11. The second-order valence-corrected chi connectivity index (χ2v) is 6.73. The molecule has 0 radical (unpaired) electrons. The Morgan fingerprint density at radius 3 is 2.78 bits per heavy atom. The lowest BCUT2D eigenvalue weighted by atomic mass is 10.1. The molecule has 0 saturated carbocycles. The smallest absolute Gasteiger partial charge is 0.266 e. The summed E-state index contributed by atoms with van der Waals surface area (Å²) in [5.41, 5.74) is 1.77. The number of benzene rings is 2. The van der Waals surface area contributed by atoms with Gasteiger partial charge in [0.15, 0.2) is 11.5 Å². The number of rotatable bonds is 3. The van der Waals surface area contributed by atoms with E-state index in [0.29, 0.717) is 46.0 Å². The fourth-order valence-electron chi connectivity index (χ4n) is 2.58. The van der Waals surface area contributed by atoms with Crippen molar-refractivity contribution in [1.82, 2.24) is 0 Å². The minimum atomic E-state index is -0.536. The van der Waals surface area contributed by atoms with Gasteiger partial charge in [0.1, 0.15) is 11.6 Å². The van der Waals surface area contributed by atoms with E-state index in [9.17, 15) is 10.1 Å². The number of nitriles is 1. The van der Waals surface area contributed by atoms with Crippen molar-refractivity contribution in [3.8, 4) is 17.6 Å². The molecule has 0 aromatic heterocycles. The van der Waals surface area contributed by atoms with Gasteiger partial charge in [0.2, 0.25) is 0 Å². The van der Waals surface area contributed by atoms with Crippen LogP contribution in [0, 0.1) is 18.3 Å². The number of amides is 1. The maximum atomic E-state index is 12.5. The number of ether oxygens (including phenoxy) is 2. The molecule has 0 unspecified atom stereocenters. The van der Waals surface area contributed by atoms with Gasteiger partial charge in [0.05, 0.1) is 18.2 Å². The fourth-order valence-corrected chi connectivity index (χ4v) is 3.03. The molecule has 0 aliphatic carbocycles. The molecule has 1 N–H and O–H groups in total. The molecule has 7 heteroatoms. The highest BCUT2D eigenvalue weighted by molar-refractivity contribution is 6.32. The van der Waals surface area contributed by atoms with Crippen LogP contribution in [-0.4, -0.2) is 19.1 Å². The molecule has 2 aromatic rings. The number of hydrogen-bond acceptors (Lipinski definition) is 4. The van der Waals surface area contributed by atoms with Crippen LogP contribution in [0.2, 0.25) is 10.0 Å². The van der Waals surface area contributed by atoms with E-state index in [1.807, 2.05) is 6.07 Å². The molecular formula is C20H16Cl2N2O3. The van der Waals surface area contributed by atoms with Gasteiger partial charge in [-0.05, 0) is 48.4 Å². The maximum absolute atomic E-state index is 12.5. The molecule has 5 nitrogen and oxygen atoms in total. The highest BCUT2D eigenvalue weighted by atomic mass is 35.5. The van der Waals surface area contributed by atoms with Crippen LogP contribution in [0.5, 0.6) is 11.5 Å². The Kier molecular flexibility index (Phi) is 5.90. The molecule has 0 fully saturated rings. The SMILES string of the molecule is Cc1c(Cl)cccc1NC(=O)/C(C#N)=C/c1cc(Cl)c2c(c1)OCCCO2. The normalized spacial score (nSPS) is 13.5. The monoisotopic (exact) mass is 402 g/mol. The molecule has 3 rings (SSSR count). The topological polar surface area (TPSA) is 71.4 Å². The number of carbonyl (C=O) groups is 1. The average molecular weight is 403 g/mol. The van der Waals surface area contributed by atoms with Gasteiger partial charge >= 0.3 is 0 Å². The van der Waals surface area contributed by atoms with Gasteiger partial charge in [-0.15, -0.1) is 0 Å². The predicted octanol–water partition coefficient (Wildman–Crippen LogP) is 5.01. The minimum absolute atomic E-state index is 0.0695. The van der Waals surface area contributed by atoms with Crippen molar-refractivity contribution < 1.29 is 14.3 Å². The predicted molar refractivity (Wildman–Crippen MR) is 105 cm³/mol. The van der Waals surface area contributed by atoms with Crippen molar-refractivity contribution in [2.24, 2.45) is 0 Å². The van der Waals surface area contributed by atoms with E-state index < -0.39 is 5.91 Å². The third kappa shape index (κ3) is 4.36. The van der Waals surface area contributed by atoms with Gasteiger partial charge in [-0.3, -0.25) is 4.79 Å². The number of hydrogen-bond donors (Lipinski definition) is 1.